The van der Waals surface area contributed by atoms with Crippen molar-refractivity contribution in [1.82, 2.24) is 4.90 Å². The molecule has 1 N–H and O–H groups in total. The van der Waals surface area contributed by atoms with Gasteiger partial charge in [0.1, 0.15) is 17.1 Å². The fraction of sp³-hybridized carbons (Fsp3) is 0.615. The Labute approximate surface area is 102 Å². The molecule has 4 nitrogen and oxygen atoms in total. The summed E-state index contributed by atoms with van der Waals surface area (Å²) in [4.78, 5) is 13.1. The molecule has 0 spiro atoms. The Morgan fingerprint density at radius 3 is 2.35 bits per heavy atom. The third-order valence-electron chi connectivity index (χ3n) is 3.11. The van der Waals surface area contributed by atoms with Gasteiger partial charge in [-0.2, -0.15) is 0 Å². The summed E-state index contributed by atoms with van der Waals surface area (Å²) in [6.07, 6.45) is 0.856. The summed E-state index contributed by atoms with van der Waals surface area (Å²) in [6, 6.07) is 3.86. The largest absolute Gasteiger partial charge is 0.480 e. The SMILES string of the molecule is CCc1ccc(CN(CC)C(C)(C)C(=O)O)o1. The highest BCUT2D eigenvalue weighted by atomic mass is 16.4. The summed E-state index contributed by atoms with van der Waals surface area (Å²) in [7, 11) is 0. The Kier molecular flexibility index (Phi) is 4.34. The molecular formula is C13H21NO3. The zero-order valence-electron chi connectivity index (χ0n) is 11.0. The van der Waals surface area contributed by atoms with Crippen molar-refractivity contribution in [2.45, 2.75) is 46.2 Å². The van der Waals surface area contributed by atoms with Crippen LogP contribution >= 0.6 is 0 Å². The van der Waals surface area contributed by atoms with Crippen LogP contribution in [0.4, 0.5) is 0 Å². The number of carbonyl (C=O) groups is 1. The van der Waals surface area contributed by atoms with E-state index in [-0.39, 0.29) is 0 Å². The number of likely N-dealkylation sites (N-methyl/N-ethyl adjacent to an activating group) is 1. The number of carboxylic acid groups (broad SMARTS) is 1. The summed E-state index contributed by atoms with van der Waals surface area (Å²) >= 11 is 0. The van der Waals surface area contributed by atoms with Gasteiger partial charge in [-0.15, -0.1) is 0 Å². The minimum atomic E-state index is -0.881. The molecule has 0 amide bonds. The van der Waals surface area contributed by atoms with Crippen molar-refractivity contribution < 1.29 is 14.3 Å². The molecular weight excluding hydrogens is 218 g/mol. The molecule has 0 saturated carbocycles. The van der Waals surface area contributed by atoms with Crippen LogP contribution in [0.3, 0.4) is 0 Å². The van der Waals surface area contributed by atoms with Gasteiger partial charge >= 0.3 is 5.97 Å². The van der Waals surface area contributed by atoms with Crippen molar-refractivity contribution in [3.05, 3.63) is 23.7 Å². The van der Waals surface area contributed by atoms with Gasteiger partial charge in [-0.25, -0.2) is 0 Å². The lowest BCUT2D eigenvalue weighted by Crippen LogP contribution is -2.49. The van der Waals surface area contributed by atoms with Gasteiger partial charge in [-0.1, -0.05) is 13.8 Å². The van der Waals surface area contributed by atoms with Crippen LogP contribution in [-0.4, -0.2) is 28.1 Å². The summed E-state index contributed by atoms with van der Waals surface area (Å²) in [5.74, 6) is 0.934. The first-order valence-electron chi connectivity index (χ1n) is 5.97. The van der Waals surface area contributed by atoms with Crippen LogP contribution < -0.4 is 0 Å². The van der Waals surface area contributed by atoms with Crippen LogP contribution in [0, 0.1) is 0 Å². The first-order valence-corrected chi connectivity index (χ1v) is 5.97. The molecule has 0 aliphatic rings. The van der Waals surface area contributed by atoms with E-state index in [4.69, 9.17) is 4.42 Å². The zero-order valence-corrected chi connectivity index (χ0v) is 11.0. The maximum Gasteiger partial charge on any atom is 0.323 e. The Morgan fingerprint density at radius 1 is 1.35 bits per heavy atom. The van der Waals surface area contributed by atoms with E-state index in [1.54, 1.807) is 13.8 Å². The van der Waals surface area contributed by atoms with E-state index >= 15 is 0 Å². The molecule has 96 valence electrons. The van der Waals surface area contributed by atoms with Crippen molar-refractivity contribution in [2.24, 2.45) is 0 Å². The van der Waals surface area contributed by atoms with Crippen molar-refractivity contribution in [3.63, 3.8) is 0 Å². The predicted molar refractivity (Wildman–Crippen MR) is 65.9 cm³/mol. The van der Waals surface area contributed by atoms with Crippen LogP contribution in [0.25, 0.3) is 0 Å². The van der Waals surface area contributed by atoms with E-state index < -0.39 is 11.5 Å². The second-order valence-corrected chi connectivity index (χ2v) is 4.60. The second-order valence-electron chi connectivity index (χ2n) is 4.60. The lowest BCUT2D eigenvalue weighted by molar-refractivity contribution is -0.149. The van der Waals surface area contributed by atoms with E-state index in [1.807, 2.05) is 30.9 Å². The minimum absolute atomic E-state index is 0.524. The fourth-order valence-corrected chi connectivity index (χ4v) is 1.73. The van der Waals surface area contributed by atoms with Crippen LogP contribution in [0.5, 0.6) is 0 Å². The molecule has 17 heavy (non-hydrogen) atoms. The molecule has 0 bridgehead atoms. The summed E-state index contributed by atoms with van der Waals surface area (Å²) in [5, 5.41) is 9.20. The van der Waals surface area contributed by atoms with Gasteiger partial charge in [-0.05, 0) is 32.5 Å². The van der Waals surface area contributed by atoms with Gasteiger partial charge in [0.05, 0.1) is 6.54 Å². The first-order chi connectivity index (χ1) is 7.91. The quantitative estimate of drug-likeness (QED) is 0.828. The number of furan rings is 1. The smallest absolute Gasteiger partial charge is 0.323 e. The molecule has 1 heterocycles. The molecule has 0 fully saturated rings. The summed E-state index contributed by atoms with van der Waals surface area (Å²) in [6.45, 7) is 8.60. The monoisotopic (exact) mass is 239 g/mol. The molecule has 0 saturated heterocycles. The summed E-state index contributed by atoms with van der Waals surface area (Å²) < 4.78 is 5.61. The van der Waals surface area contributed by atoms with E-state index in [2.05, 4.69) is 0 Å². The third kappa shape index (κ3) is 3.09. The van der Waals surface area contributed by atoms with Crippen LogP contribution in [-0.2, 0) is 17.8 Å². The minimum Gasteiger partial charge on any atom is -0.480 e. The lowest BCUT2D eigenvalue weighted by Gasteiger charge is -2.33. The Balaban J connectivity index is 2.79. The van der Waals surface area contributed by atoms with Crippen molar-refractivity contribution in [1.29, 1.82) is 0 Å². The molecule has 1 aromatic heterocycles. The molecule has 0 atom stereocenters. The van der Waals surface area contributed by atoms with Crippen LogP contribution in [0.15, 0.2) is 16.5 Å². The molecule has 4 heteroatoms. The first kappa shape index (κ1) is 13.8. The maximum atomic E-state index is 11.2. The molecule has 1 rings (SSSR count). The van der Waals surface area contributed by atoms with Crippen molar-refractivity contribution >= 4 is 5.97 Å². The number of hydrogen-bond donors (Lipinski definition) is 1. The molecule has 0 aromatic carbocycles. The van der Waals surface area contributed by atoms with E-state index in [0.29, 0.717) is 13.1 Å². The van der Waals surface area contributed by atoms with Crippen LogP contribution in [0.2, 0.25) is 0 Å². The molecule has 0 aliphatic heterocycles. The van der Waals surface area contributed by atoms with Gasteiger partial charge in [0.25, 0.3) is 0 Å². The van der Waals surface area contributed by atoms with E-state index in [0.717, 1.165) is 17.9 Å². The molecule has 0 unspecified atom stereocenters. The number of nitrogens with zero attached hydrogens (tertiary/aromatic N) is 1. The van der Waals surface area contributed by atoms with E-state index in [1.165, 1.54) is 0 Å². The third-order valence-corrected chi connectivity index (χ3v) is 3.11. The average Bonchev–Trinajstić information content (AvgIpc) is 2.73. The topological polar surface area (TPSA) is 53.7 Å². The predicted octanol–water partition coefficient (Wildman–Crippen LogP) is 2.53. The Bertz CT molecular complexity index is 382. The standard InChI is InChI=1S/C13H21NO3/c1-5-10-7-8-11(17-10)9-14(6-2)13(3,4)12(15)16/h7-8H,5-6,9H2,1-4H3,(H,15,16). The molecule has 0 radical (unpaired) electrons. The van der Waals surface area contributed by atoms with Gasteiger partial charge < -0.3 is 9.52 Å². The lowest BCUT2D eigenvalue weighted by atomic mass is 10.0. The highest BCUT2D eigenvalue weighted by Gasteiger charge is 2.33. The number of aryl methyl sites for hydroxylation is 1. The number of hydrogen-bond acceptors (Lipinski definition) is 3. The van der Waals surface area contributed by atoms with Gasteiger partial charge in [-0.3, -0.25) is 9.69 Å². The molecule has 1 aromatic rings. The van der Waals surface area contributed by atoms with Gasteiger partial charge in [0.15, 0.2) is 0 Å². The zero-order chi connectivity index (χ0) is 13.1. The second kappa shape index (κ2) is 5.36. The number of rotatable bonds is 6. The van der Waals surface area contributed by atoms with Crippen molar-refractivity contribution in [2.75, 3.05) is 6.54 Å². The normalized spacial score (nSPS) is 12.1. The average molecular weight is 239 g/mol. The van der Waals surface area contributed by atoms with Crippen molar-refractivity contribution in [3.8, 4) is 0 Å². The van der Waals surface area contributed by atoms with Gasteiger partial charge in [0.2, 0.25) is 0 Å². The Morgan fingerprint density at radius 2 is 1.94 bits per heavy atom. The highest BCUT2D eigenvalue weighted by Crippen LogP contribution is 2.19. The summed E-state index contributed by atoms with van der Waals surface area (Å²) in [5.41, 5.74) is -0.881. The van der Waals surface area contributed by atoms with Gasteiger partial charge in [0, 0.05) is 6.42 Å². The highest BCUT2D eigenvalue weighted by molar-refractivity contribution is 5.77. The number of aliphatic carboxylic acids is 1. The number of carboxylic acids is 1. The van der Waals surface area contributed by atoms with Crippen LogP contribution in [0.1, 0.15) is 39.2 Å². The molecule has 0 aliphatic carbocycles. The Hall–Kier alpha value is -1.29. The maximum absolute atomic E-state index is 11.2. The fourth-order valence-electron chi connectivity index (χ4n) is 1.73. The van der Waals surface area contributed by atoms with E-state index in [9.17, 15) is 9.90 Å².